The number of carbonyl (C=O) groups excluding carboxylic acids is 13. The van der Waals surface area contributed by atoms with E-state index in [0.29, 0.717) is 18.4 Å². The van der Waals surface area contributed by atoms with Crippen LogP contribution < -0.4 is 91.7 Å². The first-order valence-corrected chi connectivity index (χ1v) is 30.2. The van der Waals surface area contributed by atoms with E-state index in [1.54, 1.807) is 27.7 Å². The fourth-order valence-electron chi connectivity index (χ4n) is 9.17. The number of rotatable bonds is 15. The van der Waals surface area contributed by atoms with Crippen LogP contribution in [0.25, 0.3) is 0 Å². The number of benzene rings is 2. The molecule has 2 bridgehead atoms. The molecule has 2 aromatic rings. The molecule has 32 heteroatoms. The van der Waals surface area contributed by atoms with Gasteiger partial charge in [0.2, 0.25) is 53.2 Å². The number of aliphatic hydroxyl groups excluding tert-OH is 1. The van der Waals surface area contributed by atoms with Gasteiger partial charge in [-0.15, -0.1) is 0 Å². The second kappa shape index (κ2) is 38.5. The number of hydrazine groups is 1. The fraction of sp³-hybridized carbons (Fsp3) is 0.576. The number of ether oxygens (including phenoxy) is 1. The SMILES string of the molecule is COc1ccc2cc1C(=O)NNC(=O)[C@@H](N)CCCNC(=O)[C@H](Cc1ccc(O)cc1)NC(=O)[C@H](C(C)C)NC(=O)[C@H](CO)NC(=O)[C@H](CCC(N)=O)NC(=O)[C@H](C(C)C)NC(=O)[C@@H](N)CCCNC(=O)[C@H](CC(C)C)NC(=O)[C@H](CCCCN)NC(=O)C(=O)N2. The lowest BCUT2D eigenvalue weighted by Gasteiger charge is -2.28. The zero-order valence-electron chi connectivity index (χ0n) is 52.5. The van der Waals surface area contributed by atoms with Gasteiger partial charge in [0, 0.05) is 31.6 Å². The Morgan fingerprint density at radius 1 is 0.571 bits per heavy atom. The van der Waals surface area contributed by atoms with E-state index in [2.05, 4.69) is 64.0 Å². The molecular weight excluding hydrogens is 1190 g/mol. The molecule has 0 fully saturated rings. The highest BCUT2D eigenvalue weighted by Crippen LogP contribution is 2.23. The van der Waals surface area contributed by atoms with Gasteiger partial charge in [-0.05, 0) is 118 Å². The molecule has 0 aromatic heterocycles. The van der Waals surface area contributed by atoms with Crippen molar-refractivity contribution in [1.29, 1.82) is 0 Å². The maximum Gasteiger partial charge on any atom is 0.313 e. The van der Waals surface area contributed by atoms with Gasteiger partial charge in [-0.3, -0.25) is 73.2 Å². The minimum absolute atomic E-state index is 0.00973. The number of nitrogens with one attached hydrogen (secondary N) is 12. The lowest BCUT2D eigenvalue weighted by molar-refractivity contribution is -0.138. The molecule has 1 heterocycles. The first-order valence-electron chi connectivity index (χ1n) is 30.2. The largest absolute Gasteiger partial charge is 0.508 e. The van der Waals surface area contributed by atoms with Crippen LogP contribution in [0.1, 0.15) is 122 Å². The molecule has 1 aliphatic heterocycles. The summed E-state index contributed by atoms with van der Waals surface area (Å²) < 4.78 is 5.32. The normalized spacial score (nSPS) is 23.8. The van der Waals surface area contributed by atoms with Crippen LogP contribution in [-0.2, 0) is 64.0 Å². The predicted molar refractivity (Wildman–Crippen MR) is 331 cm³/mol. The van der Waals surface area contributed by atoms with Crippen molar-refractivity contribution >= 4 is 82.5 Å². The number of phenols is 1. The topological polar surface area (TPSA) is 520 Å². The number of anilines is 1. The minimum Gasteiger partial charge on any atom is -0.508 e. The van der Waals surface area contributed by atoms with Crippen LogP contribution in [0.5, 0.6) is 11.5 Å². The van der Waals surface area contributed by atoms with Gasteiger partial charge in [-0.2, -0.15) is 0 Å². The van der Waals surface area contributed by atoms with Gasteiger partial charge < -0.3 is 91.1 Å². The number of unbranched alkanes of at least 4 members (excludes halogenated alkanes) is 1. The molecule has 3 rings (SSSR count). The molecule has 91 heavy (non-hydrogen) atoms. The number of phenolic OH excluding ortho intramolecular Hbond substituents is 1. The molecule has 13 amide bonds. The minimum atomic E-state index is -1.76. The van der Waals surface area contributed by atoms with Crippen molar-refractivity contribution in [2.75, 3.05) is 38.7 Å². The van der Waals surface area contributed by atoms with Crippen molar-refractivity contribution in [3.05, 3.63) is 53.6 Å². The summed E-state index contributed by atoms with van der Waals surface area (Å²) >= 11 is 0. The maximum atomic E-state index is 14.1. The highest BCUT2D eigenvalue weighted by molar-refractivity contribution is 6.40. The Labute approximate surface area is 527 Å². The molecule has 0 unspecified atom stereocenters. The van der Waals surface area contributed by atoms with E-state index >= 15 is 0 Å². The third-order valence-corrected chi connectivity index (χ3v) is 14.4. The molecule has 0 spiro atoms. The number of hydrogen-bond acceptors (Lipinski definition) is 19. The van der Waals surface area contributed by atoms with Crippen molar-refractivity contribution in [3.8, 4) is 11.5 Å². The summed E-state index contributed by atoms with van der Waals surface area (Å²) in [7, 11) is 1.25. The lowest BCUT2D eigenvalue weighted by Crippen LogP contribution is -2.61. The van der Waals surface area contributed by atoms with Gasteiger partial charge in [0.25, 0.3) is 11.8 Å². The summed E-state index contributed by atoms with van der Waals surface area (Å²) in [6.07, 6.45) is 0.0597. The zero-order chi connectivity index (χ0) is 68.1. The molecule has 1 aliphatic rings. The Hall–Kier alpha value is -9.01. The summed E-state index contributed by atoms with van der Waals surface area (Å²) in [5.74, 6) is -13.5. The predicted octanol–water partition coefficient (Wildman–Crippen LogP) is -4.06. The highest BCUT2D eigenvalue weighted by Gasteiger charge is 2.36. The van der Waals surface area contributed by atoms with Gasteiger partial charge in [-0.1, -0.05) is 53.7 Å². The average Bonchev–Trinajstić information content (AvgIpc) is 1.89. The first-order chi connectivity index (χ1) is 43.0. The average molecular weight is 1280 g/mol. The summed E-state index contributed by atoms with van der Waals surface area (Å²) in [5.41, 5.74) is 28.1. The summed E-state index contributed by atoms with van der Waals surface area (Å²) in [6.45, 7) is 9.01. The molecule has 9 atom stereocenters. The van der Waals surface area contributed by atoms with E-state index in [1.165, 1.54) is 43.5 Å². The Bertz CT molecular complexity index is 2860. The molecule has 2 aromatic carbocycles. The number of fused-ring (bicyclic) bond motifs is 2. The lowest BCUT2D eigenvalue weighted by atomic mass is 10.00. The molecule has 32 nitrogen and oxygen atoms in total. The number of aromatic hydroxyl groups is 1. The number of aliphatic hydroxyl groups is 1. The molecule has 0 radical (unpaired) electrons. The van der Waals surface area contributed by atoms with Crippen molar-refractivity contribution < 1.29 is 77.3 Å². The van der Waals surface area contributed by atoms with Crippen molar-refractivity contribution in [1.82, 2.24) is 58.7 Å². The Kier molecular flexibility index (Phi) is 32.3. The van der Waals surface area contributed by atoms with Crippen molar-refractivity contribution in [3.63, 3.8) is 0 Å². The van der Waals surface area contributed by atoms with Gasteiger partial charge in [0.1, 0.15) is 53.8 Å². The Morgan fingerprint density at radius 2 is 1.09 bits per heavy atom. The van der Waals surface area contributed by atoms with Crippen LogP contribution in [0.3, 0.4) is 0 Å². The summed E-state index contributed by atoms with van der Waals surface area (Å²) in [4.78, 5) is 176. The van der Waals surface area contributed by atoms with E-state index in [-0.39, 0.29) is 93.2 Å². The van der Waals surface area contributed by atoms with Gasteiger partial charge >= 0.3 is 11.8 Å². The number of carbonyl (C=O) groups is 13. The number of hydrogen-bond donors (Lipinski definition) is 18. The summed E-state index contributed by atoms with van der Waals surface area (Å²) in [5, 5.41) is 45.7. The van der Waals surface area contributed by atoms with E-state index in [9.17, 15) is 72.5 Å². The zero-order valence-corrected chi connectivity index (χ0v) is 52.5. The third-order valence-electron chi connectivity index (χ3n) is 14.4. The number of primary amides is 1. The van der Waals surface area contributed by atoms with Crippen LogP contribution in [0, 0.1) is 17.8 Å². The van der Waals surface area contributed by atoms with Crippen LogP contribution in [-0.4, -0.2) is 175 Å². The second-order valence-corrected chi connectivity index (χ2v) is 23.1. The van der Waals surface area contributed by atoms with Crippen LogP contribution in [0.15, 0.2) is 42.5 Å². The third kappa shape index (κ3) is 26.2. The van der Waals surface area contributed by atoms with E-state index < -0.39 is 162 Å². The van der Waals surface area contributed by atoms with Gasteiger partial charge in [0.05, 0.1) is 31.4 Å². The molecule has 0 saturated heterocycles. The standard InChI is InChI=1S/C59H92N16O16/c1-30(2)26-41-51(82)64-24-10-12-37(61)49(80)72-46(31(3)4)56(87)67-40(20-22-45(63)78)54(85)71-43(29-76)55(86)73-47(32(5)6)57(88)70-42(27-33-15-18-35(77)19-16-33)52(83)65-25-11-13-38(62)50(81)75-74-48(79)36-28-34(17-21-44(36)91-7)66-58(89)59(90)68-39(53(84)69-41)14-8-9-23-60/h15-19,21,28,30-32,37-43,46-47,76-77H,8-14,20,22-27,29,60-62H2,1-7H3,(H2,63,78)(H,64,82)(H,65,83)(H,66,89)(H,67,87)(H,68,90)(H,69,84)(H,70,88)(H,71,85)(H,72,80)(H,73,86)(H,74,79)(H,75,81)/t37-,38-,39-,40-,41-,42-,43-,46-,47-/m0/s1. The molecule has 504 valence electrons. The van der Waals surface area contributed by atoms with Crippen molar-refractivity contribution in [2.45, 2.75) is 167 Å². The highest BCUT2D eigenvalue weighted by atomic mass is 16.5. The quantitative estimate of drug-likeness (QED) is 0.0596. The molecule has 22 N–H and O–H groups in total. The van der Waals surface area contributed by atoms with E-state index in [1.807, 2.05) is 13.8 Å². The van der Waals surface area contributed by atoms with Crippen LogP contribution >= 0.6 is 0 Å². The second-order valence-electron chi connectivity index (χ2n) is 23.1. The molecule has 0 saturated carbocycles. The Morgan fingerprint density at radius 3 is 1.63 bits per heavy atom. The van der Waals surface area contributed by atoms with E-state index in [0.717, 1.165) is 6.07 Å². The smallest absolute Gasteiger partial charge is 0.313 e. The number of nitrogens with two attached hydrogens (primary N) is 4. The maximum absolute atomic E-state index is 14.1. The number of amides is 13. The van der Waals surface area contributed by atoms with Gasteiger partial charge in [0.15, 0.2) is 0 Å². The fourth-order valence-corrected chi connectivity index (χ4v) is 9.17. The molecular formula is C59H92N16O16. The first kappa shape index (κ1) is 76.2. The summed E-state index contributed by atoms with van der Waals surface area (Å²) in [6, 6.07) is -2.87. The van der Waals surface area contributed by atoms with Gasteiger partial charge in [-0.25, -0.2) is 0 Å². The number of methoxy groups -OCH3 is 1. The van der Waals surface area contributed by atoms with Crippen LogP contribution in [0.4, 0.5) is 5.69 Å². The van der Waals surface area contributed by atoms with Crippen molar-refractivity contribution in [2.24, 2.45) is 40.7 Å². The Balaban J connectivity index is 1.99. The van der Waals surface area contributed by atoms with Crippen LogP contribution in [0.2, 0.25) is 0 Å². The monoisotopic (exact) mass is 1280 g/mol. The van der Waals surface area contributed by atoms with E-state index in [4.69, 9.17) is 27.7 Å². The molecule has 0 aliphatic carbocycles.